The fourth-order valence-electron chi connectivity index (χ4n) is 2.83. The second-order valence-corrected chi connectivity index (χ2v) is 7.39. The molecule has 25 heavy (non-hydrogen) atoms. The Hall–Kier alpha value is -0.380. The van der Waals surface area contributed by atoms with Gasteiger partial charge >= 0.3 is 0 Å². The van der Waals surface area contributed by atoms with E-state index in [-0.39, 0.29) is 18.7 Å². The van der Waals surface area contributed by atoms with Crippen LogP contribution in [0.5, 0.6) is 0 Å². The zero-order valence-corrected chi connectivity index (χ0v) is 16.9. The van der Waals surface area contributed by atoms with Crippen LogP contribution in [0.15, 0.2) is 12.2 Å². The van der Waals surface area contributed by atoms with E-state index in [1.165, 1.54) is 57.8 Å². The first-order valence-electron chi connectivity index (χ1n) is 10.2. The molecule has 0 aliphatic carbocycles. The van der Waals surface area contributed by atoms with Gasteiger partial charge in [0.15, 0.2) is 5.78 Å². The lowest BCUT2D eigenvalue weighted by Crippen LogP contribution is -2.38. The maximum atomic E-state index is 11.6. The SMILES string of the molecule is CCCCCCCCC=CCCCCCCCC(=O)C(O)(O)CCCl. The molecule has 0 aliphatic rings. The van der Waals surface area contributed by atoms with E-state index in [9.17, 15) is 15.0 Å². The summed E-state index contributed by atoms with van der Waals surface area (Å²) in [6.07, 6.45) is 20.4. The first-order chi connectivity index (χ1) is 12.0. The Bertz CT molecular complexity index is 340. The number of allylic oxidation sites excluding steroid dienone is 2. The summed E-state index contributed by atoms with van der Waals surface area (Å²) in [7, 11) is 0. The van der Waals surface area contributed by atoms with Crippen LogP contribution < -0.4 is 0 Å². The van der Waals surface area contributed by atoms with Gasteiger partial charge < -0.3 is 10.2 Å². The Kier molecular flexibility index (Phi) is 16.8. The molecule has 0 spiro atoms. The standard InChI is InChI=1S/C21H39ClO3/c1-2-3-4-5-6-7-8-9-10-11-12-13-14-15-16-17-20(23)21(24,25)18-19-22/h9-10,24-25H,2-8,11-19H2,1H3. The smallest absolute Gasteiger partial charge is 0.225 e. The maximum Gasteiger partial charge on any atom is 0.225 e. The minimum Gasteiger partial charge on any atom is -0.360 e. The van der Waals surface area contributed by atoms with E-state index in [0.29, 0.717) is 0 Å². The van der Waals surface area contributed by atoms with E-state index in [1.54, 1.807) is 0 Å². The monoisotopic (exact) mass is 374 g/mol. The first-order valence-corrected chi connectivity index (χ1v) is 10.8. The number of unbranched alkanes of at least 4 members (excludes halogenated alkanes) is 11. The molecule has 0 bridgehead atoms. The summed E-state index contributed by atoms with van der Waals surface area (Å²) in [6, 6.07) is 0. The van der Waals surface area contributed by atoms with Crippen LogP contribution in [0.25, 0.3) is 0 Å². The Labute approximate surface area is 159 Å². The summed E-state index contributed by atoms with van der Waals surface area (Å²) in [4.78, 5) is 11.6. The van der Waals surface area contributed by atoms with Crippen LogP contribution in [0.2, 0.25) is 0 Å². The number of Topliss-reactive ketones (excluding diaryl/α,β-unsaturated/α-hetero) is 1. The van der Waals surface area contributed by atoms with E-state index in [4.69, 9.17) is 11.6 Å². The number of aliphatic hydroxyl groups is 2. The fraction of sp³-hybridized carbons (Fsp3) is 0.857. The highest BCUT2D eigenvalue weighted by molar-refractivity contribution is 6.18. The van der Waals surface area contributed by atoms with Crippen LogP contribution in [-0.4, -0.2) is 27.7 Å². The minimum atomic E-state index is -2.23. The molecule has 0 aliphatic heterocycles. The topological polar surface area (TPSA) is 57.5 Å². The second kappa shape index (κ2) is 17.1. The van der Waals surface area contributed by atoms with Crippen LogP contribution in [0.4, 0.5) is 0 Å². The van der Waals surface area contributed by atoms with Crippen LogP contribution >= 0.6 is 11.6 Å². The maximum absolute atomic E-state index is 11.6. The number of alkyl halides is 1. The van der Waals surface area contributed by atoms with Crippen molar-refractivity contribution in [2.45, 2.75) is 109 Å². The molecule has 0 aromatic carbocycles. The molecule has 0 rings (SSSR count). The van der Waals surface area contributed by atoms with E-state index < -0.39 is 11.6 Å². The highest BCUT2D eigenvalue weighted by Crippen LogP contribution is 2.15. The highest BCUT2D eigenvalue weighted by atomic mass is 35.5. The largest absolute Gasteiger partial charge is 0.360 e. The number of ketones is 1. The molecule has 0 fully saturated rings. The summed E-state index contributed by atoms with van der Waals surface area (Å²) < 4.78 is 0. The van der Waals surface area contributed by atoms with Crippen LogP contribution in [0, 0.1) is 0 Å². The summed E-state index contributed by atoms with van der Waals surface area (Å²) in [5.41, 5.74) is 0. The average molecular weight is 375 g/mol. The third-order valence-electron chi connectivity index (χ3n) is 4.56. The molecule has 4 heteroatoms. The molecule has 2 N–H and O–H groups in total. The summed E-state index contributed by atoms with van der Waals surface area (Å²) in [5, 5.41) is 19.0. The van der Waals surface area contributed by atoms with Gasteiger partial charge in [-0.25, -0.2) is 0 Å². The zero-order chi connectivity index (χ0) is 18.8. The third-order valence-corrected chi connectivity index (χ3v) is 4.74. The summed E-state index contributed by atoms with van der Waals surface area (Å²) in [5.74, 6) is -2.67. The number of halogens is 1. The molecular formula is C21H39ClO3. The number of hydrogen-bond donors (Lipinski definition) is 2. The van der Waals surface area contributed by atoms with Gasteiger partial charge in [0.1, 0.15) is 0 Å². The Balaban J connectivity index is 3.36. The summed E-state index contributed by atoms with van der Waals surface area (Å²) in [6.45, 7) is 2.25. The van der Waals surface area contributed by atoms with Gasteiger partial charge in [0.2, 0.25) is 5.79 Å². The van der Waals surface area contributed by atoms with Crippen molar-refractivity contribution in [2.24, 2.45) is 0 Å². The van der Waals surface area contributed by atoms with Crippen molar-refractivity contribution in [3.8, 4) is 0 Å². The van der Waals surface area contributed by atoms with E-state index in [0.717, 1.165) is 25.7 Å². The fourth-order valence-corrected chi connectivity index (χ4v) is 3.09. The molecule has 0 atom stereocenters. The van der Waals surface area contributed by atoms with E-state index in [2.05, 4.69) is 19.1 Å². The van der Waals surface area contributed by atoms with Crippen molar-refractivity contribution in [2.75, 3.05) is 5.88 Å². The number of rotatable bonds is 18. The molecule has 0 radical (unpaired) electrons. The van der Waals surface area contributed by atoms with Gasteiger partial charge in [-0.2, -0.15) is 0 Å². The lowest BCUT2D eigenvalue weighted by molar-refractivity contribution is -0.183. The minimum absolute atomic E-state index is 0.0745. The van der Waals surface area contributed by atoms with Crippen LogP contribution in [-0.2, 0) is 4.79 Å². The highest BCUT2D eigenvalue weighted by Gasteiger charge is 2.30. The van der Waals surface area contributed by atoms with Crippen molar-refractivity contribution >= 4 is 17.4 Å². The van der Waals surface area contributed by atoms with Crippen molar-refractivity contribution < 1.29 is 15.0 Å². The second-order valence-electron chi connectivity index (χ2n) is 7.01. The average Bonchev–Trinajstić information content (AvgIpc) is 2.58. The van der Waals surface area contributed by atoms with Gasteiger partial charge in [-0.1, -0.05) is 70.4 Å². The number of carbonyl (C=O) groups is 1. The molecule has 3 nitrogen and oxygen atoms in total. The normalized spacial score (nSPS) is 12.2. The molecule has 0 aromatic heterocycles. The van der Waals surface area contributed by atoms with Crippen molar-refractivity contribution in [1.82, 2.24) is 0 Å². The van der Waals surface area contributed by atoms with Crippen molar-refractivity contribution in [1.29, 1.82) is 0 Å². The molecule has 0 amide bonds. The number of carbonyl (C=O) groups excluding carboxylic acids is 1. The van der Waals surface area contributed by atoms with Crippen LogP contribution in [0.1, 0.15) is 103 Å². The molecule has 0 aromatic rings. The molecule has 0 saturated heterocycles. The predicted octanol–water partition coefficient (Wildman–Crippen LogP) is 5.90. The quantitative estimate of drug-likeness (QED) is 0.136. The Morgan fingerprint density at radius 2 is 1.32 bits per heavy atom. The Morgan fingerprint density at radius 1 is 0.840 bits per heavy atom. The zero-order valence-electron chi connectivity index (χ0n) is 16.1. The summed E-state index contributed by atoms with van der Waals surface area (Å²) >= 11 is 5.45. The van der Waals surface area contributed by atoms with Gasteiger partial charge in [0.05, 0.1) is 0 Å². The first kappa shape index (κ1) is 24.6. The van der Waals surface area contributed by atoms with Gasteiger partial charge in [-0.15, -0.1) is 11.6 Å². The number of hydrogen-bond acceptors (Lipinski definition) is 3. The molecule has 148 valence electrons. The Morgan fingerprint density at radius 3 is 1.84 bits per heavy atom. The van der Waals surface area contributed by atoms with Gasteiger partial charge in [0.25, 0.3) is 0 Å². The van der Waals surface area contributed by atoms with Crippen LogP contribution in [0.3, 0.4) is 0 Å². The van der Waals surface area contributed by atoms with E-state index in [1.807, 2.05) is 0 Å². The predicted molar refractivity (Wildman–Crippen MR) is 107 cm³/mol. The lowest BCUT2D eigenvalue weighted by atomic mass is 10.0. The van der Waals surface area contributed by atoms with Crippen molar-refractivity contribution in [3.05, 3.63) is 12.2 Å². The third kappa shape index (κ3) is 15.6. The van der Waals surface area contributed by atoms with Gasteiger partial charge in [-0.3, -0.25) is 4.79 Å². The lowest BCUT2D eigenvalue weighted by Gasteiger charge is -2.18. The van der Waals surface area contributed by atoms with Crippen molar-refractivity contribution in [3.63, 3.8) is 0 Å². The van der Waals surface area contributed by atoms with Gasteiger partial charge in [0, 0.05) is 18.7 Å². The molecular weight excluding hydrogens is 336 g/mol. The molecule has 0 saturated carbocycles. The molecule has 0 unspecified atom stereocenters. The van der Waals surface area contributed by atoms with Gasteiger partial charge in [-0.05, 0) is 32.1 Å². The molecule has 0 heterocycles. The van der Waals surface area contributed by atoms with E-state index >= 15 is 0 Å².